The number of aryl methyl sites for hydroxylation is 1. The number of rotatable bonds is 8. The van der Waals surface area contributed by atoms with Gasteiger partial charge in [0.15, 0.2) is 0 Å². The number of oxazole rings is 1. The number of nitrogens with one attached hydrogen (secondary N) is 3. The quantitative estimate of drug-likeness (QED) is 0.294. The van der Waals surface area contributed by atoms with Gasteiger partial charge in [-0.3, -0.25) is 4.79 Å². The zero-order valence-corrected chi connectivity index (χ0v) is 19.3. The first kappa shape index (κ1) is 23.2. The van der Waals surface area contributed by atoms with Crippen LogP contribution in [0, 0.1) is 6.92 Å². The summed E-state index contributed by atoms with van der Waals surface area (Å²) >= 11 is 6.26. The monoisotopic (exact) mass is 478 g/mol. The van der Waals surface area contributed by atoms with Crippen LogP contribution < -0.4 is 16.0 Å². The lowest BCUT2D eigenvalue weighted by Gasteiger charge is -2.19. The van der Waals surface area contributed by atoms with Gasteiger partial charge in [0, 0.05) is 18.9 Å². The van der Waals surface area contributed by atoms with Crippen molar-refractivity contribution in [3.8, 4) is 11.5 Å². The van der Waals surface area contributed by atoms with E-state index in [-0.39, 0.29) is 18.5 Å². The average molecular weight is 479 g/mol. The fraction of sp³-hybridized carbons (Fsp3) is 0.167. The molecule has 10 heteroatoms. The number of hydrogen-bond donors (Lipinski definition) is 4. The van der Waals surface area contributed by atoms with Crippen molar-refractivity contribution < 1.29 is 14.3 Å². The van der Waals surface area contributed by atoms with E-state index in [2.05, 4.69) is 30.9 Å². The van der Waals surface area contributed by atoms with Crippen LogP contribution in [0.1, 0.15) is 27.7 Å². The molecule has 2 aromatic heterocycles. The van der Waals surface area contributed by atoms with Gasteiger partial charge in [-0.25, -0.2) is 9.97 Å². The minimum atomic E-state index is -0.417. The molecule has 1 atom stereocenters. The standard InChI is InChI=1S/C24H23ClN6O3/c1-14-11-27-23(34-14)18-12-28-24(29-16-8-9-17(19(25)10-16)22(33)26-2)31-21(18)30-20(13-32)15-6-4-3-5-7-15/h3-12,20,32H,13H2,1-2H3,(H,26,33)(H2,28,29,30,31)/t20-/m1/s1. The van der Waals surface area contributed by atoms with Gasteiger partial charge in [-0.05, 0) is 30.7 Å². The smallest absolute Gasteiger partial charge is 0.252 e. The normalized spacial score (nSPS) is 11.6. The highest BCUT2D eigenvalue weighted by atomic mass is 35.5. The van der Waals surface area contributed by atoms with Gasteiger partial charge in [0.1, 0.15) is 11.6 Å². The van der Waals surface area contributed by atoms with E-state index in [1.54, 1.807) is 44.6 Å². The van der Waals surface area contributed by atoms with Gasteiger partial charge in [0.2, 0.25) is 11.8 Å². The topological polar surface area (TPSA) is 125 Å². The summed E-state index contributed by atoms with van der Waals surface area (Å²) in [5.74, 6) is 1.43. The predicted octanol–water partition coefficient (Wildman–Crippen LogP) is 4.34. The molecule has 0 fully saturated rings. The van der Waals surface area contributed by atoms with E-state index in [9.17, 15) is 9.90 Å². The second kappa shape index (κ2) is 10.3. The zero-order chi connectivity index (χ0) is 24.1. The second-order valence-electron chi connectivity index (χ2n) is 7.42. The maximum atomic E-state index is 11.9. The van der Waals surface area contributed by atoms with E-state index in [0.717, 1.165) is 5.56 Å². The maximum absolute atomic E-state index is 11.9. The van der Waals surface area contributed by atoms with Crippen molar-refractivity contribution in [1.82, 2.24) is 20.3 Å². The summed E-state index contributed by atoms with van der Waals surface area (Å²) in [4.78, 5) is 25.2. The van der Waals surface area contributed by atoms with Crippen molar-refractivity contribution in [2.45, 2.75) is 13.0 Å². The summed E-state index contributed by atoms with van der Waals surface area (Å²) in [6.45, 7) is 1.64. The Balaban J connectivity index is 1.67. The number of aliphatic hydroxyl groups excluding tert-OH is 1. The highest BCUT2D eigenvalue weighted by Crippen LogP contribution is 2.30. The summed E-state index contributed by atoms with van der Waals surface area (Å²) in [6.07, 6.45) is 3.20. The molecular weight excluding hydrogens is 456 g/mol. The van der Waals surface area contributed by atoms with Gasteiger partial charge in [0.25, 0.3) is 5.91 Å². The number of amides is 1. The Morgan fingerprint density at radius 1 is 1.15 bits per heavy atom. The Hall–Kier alpha value is -3.95. The van der Waals surface area contributed by atoms with Crippen molar-refractivity contribution in [3.63, 3.8) is 0 Å². The Morgan fingerprint density at radius 2 is 1.94 bits per heavy atom. The lowest BCUT2D eigenvalue weighted by atomic mass is 10.1. The summed E-state index contributed by atoms with van der Waals surface area (Å²) in [5, 5.41) is 19.2. The van der Waals surface area contributed by atoms with Crippen LogP contribution in [-0.2, 0) is 0 Å². The molecule has 34 heavy (non-hydrogen) atoms. The number of carbonyl (C=O) groups excluding carboxylic acids is 1. The molecule has 0 unspecified atom stereocenters. The molecule has 0 bridgehead atoms. The van der Waals surface area contributed by atoms with Gasteiger partial charge < -0.3 is 25.5 Å². The van der Waals surface area contributed by atoms with Crippen LogP contribution in [0.4, 0.5) is 17.5 Å². The van der Waals surface area contributed by atoms with Crippen molar-refractivity contribution in [2.24, 2.45) is 0 Å². The maximum Gasteiger partial charge on any atom is 0.252 e. The zero-order valence-electron chi connectivity index (χ0n) is 18.5. The number of aliphatic hydroxyl groups is 1. The minimum Gasteiger partial charge on any atom is -0.441 e. The fourth-order valence-electron chi connectivity index (χ4n) is 3.31. The first-order chi connectivity index (χ1) is 16.5. The van der Waals surface area contributed by atoms with Crippen molar-refractivity contribution in [2.75, 3.05) is 24.3 Å². The molecule has 9 nitrogen and oxygen atoms in total. The second-order valence-corrected chi connectivity index (χ2v) is 7.83. The number of aromatic nitrogens is 3. The molecule has 2 aromatic carbocycles. The van der Waals surface area contributed by atoms with Crippen LogP contribution >= 0.6 is 11.6 Å². The summed E-state index contributed by atoms with van der Waals surface area (Å²) in [7, 11) is 1.54. The fourth-order valence-corrected chi connectivity index (χ4v) is 3.58. The van der Waals surface area contributed by atoms with Crippen LogP contribution in [0.3, 0.4) is 0 Å². The molecule has 4 aromatic rings. The molecule has 0 saturated heterocycles. The van der Waals surface area contributed by atoms with E-state index >= 15 is 0 Å². The van der Waals surface area contributed by atoms with E-state index < -0.39 is 6.04 Å². The number of nitrogens with zero attached hydrogens (tertiary/aromatic N) is 3. The molecule has 4 N–H and O–H groups in total. The van der Waals surface area contributed by atoms with Crippen LogP contribution in [0.2, 0.25) is 5.02 Å². The number of halogens is 1. The van der Waals surface area contributed by atoms with E-state index in [1.807, 2.05) is 30.3 Å². The molecular formula is C24H23ClN6O3. The van der Waals surface area contributed by atoms with Crippen molar-refractivity contribution in [3.05, 3.63) is 82.8 Å². The highest BCUT2D eigenvalue weighted by Gasteiger charge is 2.19. The molecule has 0 spiro atoms. The summed E-state index contributed by atoms with van der Waals surface area (Å²) in [6, 6.07) is 14.1. The van der Waals surface area contributed by atoms with Crippen molar-refractivity contribution >= 4 is 35.0 Å². The van der Waals surface area contributed by atoms with Crippen LogP contribution in [0.15, 0.2) is 65.3 Å². The molecule has 4 rings (SSSR count). The first-order valence-corrected chi connectivity index (χ1v) is 10.9. The molecule has 0 aliphatic heterocycles. The van der Waals surface area contributed by atoms with Crippen LogP contribution in [0.5, 0.6) is 0 Å². The van der Waals surface area contributed by atoms with Crippen molar-refractivity contribution in [1.29, 1.82) is 0 Å². The van der Waals surface area contributed by atoms with Crippen LogP contribution in [0.25, 0.3) is 11.5 Å². The lowest BCUT2D eigenvalue weighted by molar-refractivity contribution is 0.0963. The van der Waals surface area contributed by atoms with Gasteiger partial charge in [-0.2, -0.15) is 4.98 Å². The Labute approximate surface area is 201 Å². The molecule has 0 saturated carbocycles. The molecule has 174 valence electrons. The SMILES string of the molecule is CNC(=O)c1ccc(Nc2ncc(-c3ncc(C)o3)c(N[C@H](CO)c3ccccc3)n2)cc1Cl. The van der Waals surface area contributed by atoms with Gasteiger partial charge >= 0.3 is 0 Å². The predicted molar refractivity (Wildman–Crippen MR) is 130 cm³/mol. The first-order valence-electron chi connectivity index (χ1n) is 10.5. The van der Waals surface area contributed by atoms with Crippen LogP contribution in [-0.4, -0.2) is 39.6 Å². The summed E-state index contributed by atoms with van der Waals surface area (Å²) in [5.41, 5.74) is 2.40. The molecule has 1 amide bonds. The molecule has 0 aliphatic rings. The van der Waals surface area contributed by atoms with Gasteiger partial charge in [0.05, 0.1) is 35.0 Å². The number of benzene rings is 2. The third kappa shape index (κ3) is 5.16. The van der Waals surface area contributed by atoms with E-state index in [1.165, 1.54) is 0 Å². The molecule has 0 aliphatic carbocycles. The Kier molecular flexibility index (Phi) is 7.05. The minimum absolute atomic E-state index is 0.155. The number of carbonyl (C=O) groups is 1. The van der Waals surface area contributed by atoms with Gasteiger partial charge in [-0.15, -0.1) is 0 Å². The van der Waals surface area contributed by atoms with Gasteiger partial charge in [-0.1, -0.05) is 41.9 Å². The lowest BCUT2D eigenvalue weighted by Crippen LogP contribution is -2.18. The molecule has 2 heterocycles. The number of hydrogen-bond acceptors (Lipinski definition) is 8. The third-order valence-electron chi connectivity index (χ3n) is 5.03. The van der Waals surface area contributed by atoms with E-state index in [0.29, 0.717) is 39.3 Å². The summed E-state index contributed by atoms with van der Waals surface area (Å²) < 4.78 is 5.68. The highest BCUT2D eigenvalue weighted by molar-refractivity contribution is 6.34. The number of anilines is 3. The largest absolute Gasteiger partial charge is 0.441 e. The van der Waals surface area contributed by atoms with E-state index in [4.69, 9.17) is 16.0 Å². The molecule has 0 radical (unpaired) electrons. The Bertz CT molecular complexity index is 1300. The average Bonchev–Trinajstić information content (AvgIpc) is 3.28. The Morgan fingerprint density at radius 3 is 2.59 bits per heavy atom. The third-order valence-corrected chi connectivity index (χ3v) is 5.35.